The maximum Gasteiger partial charge on any atom is 0.0700 e. The summed E-state index contributed by atoms with van der Waals surface area (Å²) in [7, 11) is 1.68. The molecule has 4 heteroatoms. The van der Waals surface area contributed by atoms with Crippen LogP contribution in [0.3, 0.4) is 0 Å². The zero-order valence-corrected chi connectivity index (χ0v) is 10.7. The fourth-order valence-corrected chi connectivity index (χ4v) is 1.47. The molecule has 4 nitrogen and oxygen atoms in total. The Labute approximate surface area is 103 Å². The summed E-state index contributed by atoms with van der Waals surface area (Å²) in [6.45, 7) is 5.16. The quantitative estimate of drug-likeness (QED) is 0.666. The van der Waals surface area contributed by atoms with E-state index >= 15 is 0 Å². The first kappa shape index (κ1) is 14.1. The Hall–Kier alpha value is -0.970. The van der Waals surface area contributed by atoms with Gasteiger partial charge in [0.25, 0.3) is 0 Å². The lowest BCUT2D eigenvalue weighted by atomic mass is 10.2. The Morgan fingerprint density at radius 1 is 1.29 bits per heavy atom. The van der Waals surface area contributed by atoms with Crippen LogP contribution in [0.25, 0.3) is 0 Å². The molecule has 0 radical (unpaired) electrons. The van der Waals surface area contributed by atoms with Gasteiger partial charge in [-0.15, -0.1) is 0 Å². The summed E-state index contributed by atoms with van der Waals surface area (Å²) in [4.78, 5) is 4.31. The third-order valence-corrected chi connectivity index (χ3v) is 2.48. The largest absolute Gasteiger partial charge is 0.382 e. The molecule has 0 aliphatic carbocycles. The Morgan fingerprint density at radius 2 is 2.18 bits per heavy atom. The molecule has 1 heterocycles. The van der Waals surface area contributed by atoms with Gasteiger partial charge in [0.1, 0.15) is 0 Å². The summed E-state index contributed by atoms with van der Waals surface area (Å²) < 4.78 is 10.3. The third kappa shape index (κ3) is 6.36. The van der Waals surface area contributed by atoms with Gasteiger partial charge in [0.15, 0.2) is 0 Å². The summed E-state index contributed by atoms with van der Waals surface area (Å²) in [5.74, 6) is 0. The monoisotopic (exact) mass is 238 g/mol. The first-order chi connectivity index (χ1) is 8.34. The van der Waals surface area contributed by atoms with E-state index in [-0.39, 0.29) is 6.04 Å². The van der Waals surface area contributed by atoms with Crippen LogP contribution in [0.15, 0.2) is 24.4 Å². The molecule has 0 bridgehead atoms. The van der Waals surface area contributed by atoms with Gasteiger partial charge in [-0.3, -0.25) is 4.98 Å². The van der Waals surface area contributed by atoms with Gasteiger partial charge in [-0.25, -0.2) is 0 Å². The Kier molecular flexibility index (Phi) is 7.54. The Morgan fingerprint density at radius 3 is 2.88 bits per heavy atom. The summed E-state index contributed by atoms with van der Waals surface area (Å²) in [5.41, 5.74) is 1.08. The molecular weight excluding hydrogens is 216 g/mol. The lowest BCUT2D eigenvalue weighted by molar-refractivity contribution is 0.0693. The second kappa shape index (κ2) is 9.10. The van der Waals surface area contributed by atoms with Gasteiger partial charge in [-0.2, -0.15) is 0 Å². The first-order valence-corrected chi connectivity index (χ1v) is 6.05. The molecule has 0 spiro atoms. The summed E-state index contributed by atoms with van der Waals surface area (Å²) in [6, 6.07) is 6.26. The van der Waals surface area contributed by atoms with Crippen molar-refractivity contribution in [1.29, 1.82) is 0 Å². The van der Waals surface area contributed by atoms with Crippen molar-refractivity contribution < 1.29 is 9.47 Å². The molecule has 0 aliphatic rings. The van der Waals surface area contributed by atoms with E-state index in [1.54, 1.807) is 7.11 Å². The highest BCUT2D eigenvalue weighted by Crippen LogP contribution is 2.07. The number of hydrogen-bond acceptors (Lipinski definition) is 4. The van der Waals surface area contributed by atoms with Crippen molar-refractivity contribution in [2.45, 2.75) is 19.4 Å². The van der Waals surface area contributed by atoms with Crippen molar-refractivity contribution in [3.63, 3.8) is 0 Å². The van der Waals surface area contributed by atoms with Crippen LogP contribution < -0.4 is 5.32 Å². The molecule has 1 unspecified atom stereocenters. The van der Waals surface area contributed by atoms with E-state index in [1.165, 1.54) is 0 Å². The fraction of sp³-hybridized carbons (Fsp3) is 0.615. The second-order valence-electron chi connectivity index (χ2n) is 3.89. The predicted octanol–water partition coefficient (Wildman–Crippen LogP) is 1.79. The highest BCUT2D eigenvalue weighted by Gasteiger charge is 2.03. The second-order valence-corrected chi connectivity index (χ2v) is 3.89. The molecule has 1 aromatic heterocycles. The molecule has 1 rings (SSSR count). The molecule has 0 fully saturated rings. The Balaban J connectivity index is 2.03. The van der Waals surface area contributed by atoms with Crippen LogP contribution in [-0.4, -0.2) is 38.5 Å². The third-order valence-electron chi connectivity index (χ3n) is 2.48. The summed E-state index contributed by atoms with van der Waals surface area (Å²) in [6.07, 6.45) is 2.82. The van der Waals surface area contributed by atoms with Gasteiger partial charge in [-0.05, 0) is 32.0 Å². The van der Waals surface area contributed by atoms with Crippen molar-refractivity contribution in [3.8, 4) is 0 Å². The van der Waals surface area contributed by atoms with E-state index in [0.717, 1.165) is 25.3 Å². The lowest BCUT2D eigenvalue weighted by Gasteiger charge is -2.12. The molecular formula is C13H22N2O2. The molecule has 0 aromatic carbocycles. The number of ether oxygens (including phenoxy) is 2. The van der Waals surface area contributed by atoms with Crippen molar-refractivity contribution in [3.05, 3.63) is 30.1 Å². The minimum Gasteiger partial charge on any atom is -0.382 e. The number of rotatable bonds is 9. The highest BCUT2D eigenvalue weighted by molar-refractivity contribution is 5.07. The number of pyridine rings is 1. The number of aromatic nitrogens is 1. The molecule has 1 atom stereocenters. The molecule has 96 valence electrons. The highest BCUT2D eigenvalue weighted by atomic mass is 16.5. The molecule has 17 heavy (non-hydrogen) atoms. The van der Waals surface area contributed by atoms with Crippen LogP contribution in [0.4, 0.5) is 0 Å². The van der Waals surface area contributed by atoms with Gasteiger partial charge >= 0.3 is 0 Å². The summed E-state index contributed by atoms with van der Waals surface area (Å²) >= 11 is 0. The van der Waals surface area contributed by atoms with Crippen LogP contribution in [-0.2, 0) is 9.47 Å². The smallest absolute Gasteiger partial charge is 0.0700 e. The fourth-order valence-electron chi connectivity index (χ4n) is 1.47. The van der Waals surface area contributed by atoms with Crippen molar-refractivity contribution in [1.82, 2.24) is 10.3 Å². The van der Waals surface area contributed by atoms with Gasteiger partial charge in [-0.1, -0.05) is 6.07 Å². The maximum atomic E-state index is 5.38. The van der Waals surface area contributed by atoms with Crippen molar-refractivity contribution in [2.24, 2.45) is 0 Å². The molecule has 0 saturated carbocycles. The van der Waals surface area contributed by atoms with Crippen LogP contribution >= 0.6 is 0 Å². The minimum absolute atomic E-state index is 0.287. The SMILES string of the molecule is COCCOCCCNC(C)c1ccccn1. The zero-order chi connectivity index (χ0) is 12.3. The average molecular weight is 238 g/mol. The van der Waals surface area contributed by atoms with E-state index in [4.69, 9.17) is 9.47 Å². The number of methoxy groups -OCH3 is 1. The van der Waals surface area contributed by atoms with Gasteiger partial charge in [0.05, 0.1) is 18.9 Å². The molecule has 0 aliphatic heterocycles. The number of hydrogen-bond donors (Lipinski definition) is 1. The first-order valence-electron chi connectivity index (χ1n) is 6.05. The number of nitrogens with zero attached hydrogens (tertiary/aromatic N) is 1. The van der Waals surface area contributed by atoms with Crippen LogP contribution in [0, 0.1) is 0 Å². The normalized spacial score (nSPS) is 12.6. The van der Waals surface area contributed by atoms with Gasteiger partial charge in [0, 0.05) is 26.0 Å². The maximum absolute atomic E-state index is 5.38. The van der Waals surface area contributed by atoms with E-state index in [1.807, 2.05) is 24.4 Å². The predicted molar refractivity (Wildman–Crippen MR) is 68.0 cm³/mol. The van der Waals surface area contributed by atoms with Gasteiger partial charge in [0.2, 0.25) is 0 Å². The molecule has 0 amide bonds. The topological polar surface area (TPSA) is 43.4 Å². The van der Waals surface area contributed by atoms with Crippen LogP contribution in [0.2, 0.25) is 0 Å². The minimum atomic E-state index is 0.287. The van der Waals surface area contributed by atoms with E-state index in [9.17, 15) is 0 Å². The average Bonchev–Trinajstić information content (AvgIpc) is 2.38. The molecule has 0 saturated heterocycles. The molecule has 1 aromatic rings. The van der Waals surface area contributed by atoms with Crippen LogP contribution in [0.1, 0.15) is 25.1 Å². The van der Waals surface area contributed by atoms with E-state index in [0.29, 0.717) is 13.2 Å². The lowest BCUT2D eigenvalue weighted by Crippen LogP contribution is -2.21. The zero-order valence-electron chi connectivity index (χ0n) is 10.7. The van der Waals surface area contributed by atoms with Crippen molar-refractivity contribution >= 4 is 0 Å². The van der Waals surface area contributed by atoms with Crippen molar-refractivity contribution in [2.75, 3.05) is 33.5 Å². The van der Waals surface area contributed by atoms with E-state index in [2.05, 4.69) is 17.2 Å². The van der Waals surface area contributed by atoms with Crippen LogP contribution in [0.5, 0.6) is 0 Å². The Bertz CT molecular complexity index is 280. The standard InChI is InChI=1S/C13H22N2O2/c1-12(13-6-3-4-7-15-13)14-8-5-9-17-11-10-16-2/h3-4,6-7,12,14H,5,8-11H2,1-2H3. The summed E-state index contributed by atoms with van der Waals surface area (Å²) in [5, 5.41) is 3.42. The van der Waals surface area contributed by atoms with E-state index < -0.39 is 0 Å². The van der Waals surface area contributed by atoms with Gasteiger partial charge < -0.3 is 14.8 Å². The number of nitrogens with one attached hydrogen (secondary N) is 1. The molecule has 1 N–H and O–H groups in total.